The molecule has 0 bridgehead atoms. The largest absolute Gasteiger partial charge is 0.449 e. The van der Waals surface area contributed by atoms with E-state index in [1.165, 1.54) is 6.20 Å². The van der Waals surface area contributed by atoms with Gasteiger partial charge in [0, 0.05) is 57.2 Å². The standard InChI is InChI=1S/C32H38ClN5O6/c1-37(15-16-43-2)27(39)18-20-5-11-25-24(17-20)28(29(44-25)31(41)35-26-12-10-23(33)19-34-26)36-30(40)21-6-8-22(9-7-21)32(42)38-13-3-4-14-38/h5,10-12,17,19,21-22H,3-4,6-9,13-16,18H2,1-2H3,(H,36,40)(H,34,35,41)/t21-,22-. The van der Waals surface area contributed by atoms with Gasteiger partial charge in [0.1, 0.15) is 17.1 Å². The molecule has 0 atom stereocenters. The molecule has 12 heteroatoms. The molecule has 5 rings (SSSR count). The Kier molecular flexibility index (Phi) is 10.2. The number of rotatable bonds is 10. The summed E-state index contributed by atoms with van der Waals surface area (Å²) < 4.78 is 11.0. The second-order valence-corrected chi connectivity index (χ2v) is 11.9. The summed E-state index contributed by atoms with van der Waals surface area (Å²) >= 11 is 5.93. The van der Waals surface area contributed by atoms with Crippen LogP contribution in [0.4, 0.5) is 11.5 Å². The topological polar surface area (TPSA) is 134 Å². The van der Waals surface area contributed by atoms with Crippen LogP contribution in [0.15, 0.2) is 40.9 Å². The first-order valence-corrected chi connectivity index (χ1v) is 15.4. The predicted octanol–water partition coefficient (Wildman–Crippen LogP) is 4.75. The first-order valence-electron chi connectivity index (χ1n) is 15.0. The number of amides is 4. The number of nitrogens with zero attached hydrogens (tertiary/aromatic N) is 3. The van der Waals surface area contributed by atoms with Crippen molar-refractivity contribution in [3.8, 4) is 0 Å². The lowest BCUT2D eigenvalue weighted by Crippen LogP contribution is -2.37. The number of anilines is 2. The Bertz CT molecular complexity index is 1510. The molecule has 3 heterocycles. The van der Waals surface area contributed by atoms with Crippen molar-refractivity contribution in [2.45, 2.75) is 44.9 Å². The van der Waals surface area contributed by atoms with Crippen LogP contribution < -0.4 is 10.6 Å². The number of pyridine rings is 1. The Morgan fingerprint density at radius 3 is 2.45 bits per heavy atom. The highest BCUT2D eigenvalue weighted by atomic mass is 35.5. The normalized spacial score (nSPS) is 18.3. The number of ether oxygens (including phenoxy) is 1. The Morgan fingerprint density at radius 1 is 1.05 bits per heavy atom. The molecule has 2 aliphatic rings. The Labute approximate surface area is 261 Å². The third kappa shape index (κ3) is 7.39. The highest BCUT2D eigenvalue weighted by Gasteiger charge is 2.34. The monoisotopic (exact) mass is 623 g/mol. The van der Waals surface area contributed by atoms with E-state index in [1.807, 2.05) is 4.90 Å². The summed E-state index contributed by atoms with van der Waals surface area (Å²) in [5.74, 6) is -0.901. The van der Waals surface area contributed by atoms with Crippen LogP contribution in [0.1, 0.15) is 54.6 Å². The van der Waals surface area contributed by atoms with E-state index in [4.69, 9.17) is 20.8 Å². The fourth-order valence-electron chi connectivity index (χ4n) is 5.85. The number of halogens is 1. The van der Waals surface area contributed by atoms with Crippen molar-refractivity contribution < 1.29 is 28.3 Å². The molecule has 44 heavy (non-hydrogen) atoms. The number of aromatic nitrogens is 1. The number of benzene rings is 1. The fourth-order valence-corrected chi connectivity index (χ4v) is 5.96. The van der Waals surface area contributed by atoms with Crippen LogP contribution in [-0.4, -0.2) is 78.8 Å². The number of nitrogens with one attached hydrogen (secondary N) is 2. The molecule has 1 saturated carbocycles. The average molecular weight is 624 g/mol. The van der Waals surface area contributed by atoms with E-state index in [9.17, 15) is 19.2 Å². The summed E-state index contributed by atoms with van der Waals surface area (Å²) in [5.41, 5.74) is 1.32. The molecular formula is C32H38ClN5O6. The van der Waals surface area contributed by atoms with Crippen molar-refractivity contribution in [3.05, 3.63) is 52.9 Å². The zero-order valence-corrected chi connectivity index (χ0v) is 25.8. The zero-order chi connectivity index (χ0) is 31.2. The zero-order valence-electron chi connectivity index (χ0n) is 25.1. The van der Waals surface area contributed by atoms with E-state index < -0.39 is 5.91 Å². The van der Waals surface area contributed by atoms with Crippen LogP contribution in [0.25, 0.3) is 11.0 Å². The van der Waals surface area contributed by atoms with E-state index in [1.54, 1.807) is 49.4 Å². The number of likely N-dealkylation sites (N-methyl/N-ethyl adjacent to an activating group) is 1. The maximum absolute atomic E-state index is 13.6. The molecule has 2 fully saturated rings. The molecule has 4 amide bonds. The van der Waals surface area contributed by atoms with Crippen LogP contribution in [0.2, 0.25) is 5.02 Å². The van der Waals surface area contributed by atoms with Gasteiger partial charge in [0.05, 0.1) is 18.1 Å². The number of hydrogen-bond donors (Lipinski definition) is 2. The van der Waals surface area contributed by atoms with Gasteiger partial charge in [0.2, 0.25) is 23.5 Å². The molecule has 3 aromatic rings. The van der Waals surface area contributed by atoms with Crippen molar-refractivity contribution in [2.24, 2.45) is 11.8 Å². The summed E-state index contributed by atoms with van der Waals surface area (Å²) in [6, 6.07) is 8.38. The molecule has 0 spiro atoms. The van der Waals surface area contributed by atoms with Crippen LogP contribution >= 0.6 is 11.6 Å². The lowest BCUT2D eigenvalue weighted by molar-refractivity contribution is -0.136. The van der Waals surface area contributed by atoms with Crippen LogP contribution in [-0.2, 0) is 25.5 Å². The lowest BCUT2D eigenvalue weighted by atomic mass is 9.81. The third-order valence-electron chi connectivity index (χ3n) is 8.45. The maximum atomic E-state index is 13.6. The summed E-state index contributed by atoms with van der Waals surface area (Å²) in [5, 5.41) is 6.60. The second-order valence-electron chi connectivity index (χ2n) is 11.5. The molecule has 234 valence electrons. The third-order valence-corrected chi connectivity index (χ3v) is 8.68. The van der Waals surface area contributed by atoms with E-state index >= 15 is 0 Å². The summed E-state index contributed by atoms with van der Waals surface area (Å²) in [7, 11) is 3.29. The highest BCUT2D eigenvalue weighted by molar-refractivity contribution is 6.30. The number of carbonyl (C=O) groups excluding carboxylic acids is 4. The smallest absolute Gasteiger partial charge is 0.294 e. The molecule has 1 saturated heterocycles. The van der Waals surface area contributed by atoms with Crippen molar-refractivity contribution in [2.75, 3.05) is 51.0 Å². The molecular weight excluding hydrogens is 586 g/mol. The Balaban J connectivity index is 1.36. The van der Waals surface area contributed by atoms with Gasteiger partial charge in [0.15, 0.2) is 0 Å². The van der Waals surface area contributed by atoms with Crippen LogP contribution in [0.3, 0.4) is 0 Å². The molecule has 1 aliphatic carbocycles. The van der Waals surface area contributed by atoms with Crippen molar-refractivity contribution >= 4 is 57.7 Å². The van der Waals surface area contributed by atoms with Gasteiger partial charge in [-0.2, -0.15) is 0 Å². The van der Waals surface area contributed by atoms with Crippen molar-refractivity contribution in [1.82, 2.24) is 14.8 Å². The van der Waals surface area contributed by atoms with Crippen molar-refractivity contribution in [1.29, 1.82) is 0 Å². The molecule has 11 nitrogen and oxygen atoms in total. The summed E-state index contributed by atoms with van der Waals surface area (Å²) in [6.07, 6.45) is 6.09. The second kappa shape index (κ2) is 14.2. The first-order chi connectivity index (χ1) is 21.2. The summed E-state index contributed by atoms with van der Waals surface area (Å²) in [4.78, 5) is 60.3. The van der Waals surface area contributed by atoms with Gasteiger partial charge < -0.3 is 29.6 Å². The van der Waals surface area contributed by atoms with Crippen LogP contribution in [0.5, 0.6) is 0 Å². The van der Waals surface area contributed by atoms with E-state index in [0.29, 0.717) is 60.4 Å². The quantitative estimate of drug-likeness (QED) is 0.333. The number of carbonyl (C=O) groups is 4. The van der Waals surface area contributed by atoms with Gasteiger partial charge in [-0.05, 0) is 68.4 Å². The minimum atomic E-state index is -0.594. The lowest BCUT2D eigenvalue weighted by Gasteiger charge is -2.29. The molecule has 2 aromatic heterocycles. The van der Waals surface area contributed by atoms with Gasteiger partial charge in [-0.25, -0.2) is 4.98 Å². The van der Waals surface area contributed by atoms with E-state index in [0.717, 1.165) is 25.9 Å². The van der Waals surface area contributed by atoms with Crippen LogP contribution in [0, 0.1) is 11.8 Å². The Morgan fingerprint density at radius 2 is 1.77 bits per heavy atom. The fraction of sp³-hybridized carbons (Fsp3) is 0.469. The first kappa shape index (κ1) is 31.5. The van der Waals surface area contributed by atoms with Gasteiger partial charge >= 0.3 is 0 Å². The number of fused-ring (bicyclic) bond motifs is 1. The van der Waals surface area contributed by atoms with Gasteiger partial charge in [-0.3, -0.25) is 19.2 Å². The molecule has 1 aromatic carbocycles. The van der Waals surface area contributed by atoms with E-state index in [2.05, 4.69) is 15.6 Å². The minimum absolute atomic E-state index is 0.0535. The minimum Gasteiger partial charge on any atom is -0.449 e. The summed E-state index contributed by atoms with van der Waals surface area (Å²) in [6.45, 7) is 2.52. The van der Waals surface area contributed by atoms with Gasteiger partial charge in [-0.15, -0.1) is 0 Å². The molecule has 2 N–H and O–H groups in total. The maximum Gasteiger partial charge on any atom is 0.294 e. The molecule has 1 aliphatic heterocycles. The van der Waals surface area contributed by atoms with Gasteiger partial charge in [-0.1, -0.05) is 17.7 Å². The highest BCUT2D eigenvalue weighted by Crippen LogP contribution is 2.36. The Hall–Kier alpha value is -3.96. The number of furan rings is 1. The molecule has 0 radical (unpaired) electrons. The average Bonchev–Trinajstić information content (AvgIpc) is 3.69. The SMILES string of the molecule is COCCN(C)C(=O)Cc1ccc2oc(C(=O)Nc3ccc(Cl)cn3)c(NC(=O)[C@H]3CC[C@H](C(=O)N4CCCC4)CC3)c2c1. The number of hydrogen-bond acceptors (Lipinski definition) is 7. The number of methoxy groups -OCH3 is 1. The predicted molar refractivity (Wildman–Crippen MR) is 167 cm³/mol. The number of likely N-dealkylation sites (tertiary alicyclic amines) is 1. The molecule has 0 unspecified atom stereocenters. The van der Waals surface area contributed by atoms with E-state index in [-0.39, 0.29) is 53.2 Å². The van der Waals surface area contributed by atoms with Gasteiger partial charge in [0.25, 0.3) is 5.91 Å². The van der Waals surface area contributed by atoms with Crippen molar-refractivity contribution in [3.63, 3.8) is 0 Å².